The number of nitrogens with one attached hydrogen (secondary N) is 1. The van der Waals surface area contributed by atoms with Gasteiger partial charge in [-0.1, -0.05) is 17.7 Å². The lowest BCUT2D eigenvalue weighted by Gasteiger charge is -2.23. The van der Waals surface area contributed by atoms with Crippen LogP contribution in [0.25, 0.3) is 0 Å². The Hall–Kier alpha value is -1.85. The summed E-state index contributed by atoms with van der Waals surface area (Å²) in [4.78, 5) is 12.1. The first-order valence-electron chi connectivity index (χ1n) is 6.74. The van der Waals surface area contributed by atoms with Crippen LogP contribution in [-0.4, -0.2) is 17.6 Å². The number of aliphatic hydroxyl groups is 1. The van der Waals surface area contributed by atoms with E-state index >= 15 is 0 Å². The standard InChI is InChI=1S/C16H17ClFNO3/c1-9-7-12(10(2)22-9)16(3,21)8-19-15(20)11-5-4-6-13(18)14(11)17/h4-7,21H,8H2,1-3H3,(H,19,20). The van der Waals surface area contributed by atoms with Gasteiger partial charge < -0.3 is 14.8 Å². The van der Waals surface area contributed by atoms with Crippen molar-refractivity contribution in [2.45, 2.75) is 26.4 Å². The summed E-state index contributed by atoms with van der Waals surface area (Å²) >= 11 is 5.77. The molecule has 0 aliphatic carbocycles. The van der Waals surface area contributed by atoms with E-state index < -0.39 is 17.3 Å². The molecule has 1 aromatic carbocycles. The fourth-order valence-electron chi connectivity index (χ4n) is 2.29. The molecule has 4 nitrogen and oxygen atoms in total. The highest BCUT2D eigenvalue weighted by molar-refractivity contribution is 6.34. The second-order valence-corrected chi connectivity index (χ2v) is 5.76. The van der Waals surface area contributed by atoms with E-state index in [2.05, 4.69) is 5.32 Å². The fourth-order valence-corrected chi connectivity index (χ4v) is 2.50. The van der Waals surface area contributed by atoms with Crippen molar-refractivity contribution in [3.05, 3.63) is 57.8 Å². The number of furan rings is 1. The van der Waals surface area contributed by atoms with E-state index in [9.17, 15) is 14.3 Å². The van der Waals surface area contributed by atoms with E-state index in [0.29, 0.717) is 17.1 Å². The van der Waals surface area contributed by atoms with Gasteiger partial charge in [-0.3, -0.25) is 4.79 Å². The number of benzene rings is 1. The molecular formula is C16H17ClFNO3. The molecule has 2 N–H and O–H groups in total. The molecule has 0 aliphatic rings. The van der Waals surface area contributed by atoms with E-state index in [4.69, 9.17) is 16.0 Å². The number of amides is 1. The molecule has 6 heteroatoms. The zero-order valence-corrected chi connectivity index (χ0v) is 13.3. The summed E-state index contributed by atoms with van der Waals surface area (Å²) in [5, 5.41) is 12.8. The van der Waals surface area contributed by atoms with Crippen LogP contribution in [0.1, 0.15) is 34.4 Å². The van der Waals surface area contributed by atoms with E-state index in [-0.39, 0.29) is 17.1 Å². The highest BCUT2D eigenvalue weighted by Gasteiger charge is 2.28. The van der Waals surface area contributed by atoms with Crippen molar-refractivity contribution in [1.82, 2.24) is 5.32 Å². The van der Waals surface area contributed by atoms with Crippen LogP contribution in [0.2, 0.25) is 5.02 Å². The summed E-state index contributed by atoms with van der Waals surface area (Å²) in [6.07, 6.45) is 0. The van der Waals surface area contributed by atoms with Crippen LogP contribution in [0.15, 0.2) is 28.7 Å². The van der Waals surface area contributed by atoms with Gasteiger partial charge in [0, 0.05) is 5.56 Å². The molecule has 0 spiro atoms. The summed E-state index contributed by atoms with van der Waals surface area (Å²) in [7, 11) is 0. The van der Waals surface area contributed by atoms with Crippen LogP contribution >= 0.6 is 11.6 Å². The third kappa shape index (κ3) is 3.31. The van der Waals surface area contributed by atoms with Crippen molar-refractivity contribution in [2.75, 3.05) is 6.54 Å². The molecule has 1 heterocycles. The third-order valence-electron chi connectivity index (χ3n) is 3.41. The van der Waals surface area contributed by atoms with Crippen LogP contribution in [-0.2, 0) is 5.60 Å². The Kier molecular flexibility index (Phi) is 4.58. The Bertz CT molecular complexity index is 709. The van der Waals surface area contributed by atoms with Gasteiger partial charge in [-0.25, -0.2) is 4.39 Å². The van der Waals surface area contributed by atoms with Gasteiger partial charge in [0.05, 0.1) is 17.1 Å². The van der Waals surface area contributed by atoms with E-state index in [1.807, 2.05) is 0 Å². The molecule has 2 aromatic rings. The maximum atomic E-state index is 13.4. The quantitative estimate of drug-likeness (QED) is 0.906. The zero-order chi connectivity index (χ0) is 16.5. The number of rotatable bonds is 4. The van der Waals surface area contributed by atoms with Gasteiger partial charge in [-0.05, 0) is 39.0 Å². The lowest BCUT2D eigenvalue weighted by molar-refractivity contribution is 0.0514. The molecule has 118 valence electrons. The van der Waals surface area contributed by atoms with Gasteiger partial charge in [0.1, 0.15) is 22.9 Å². The van der Waals surface area contributed by atoms with Crippen LogP contribution in [0, 0.1) is 19.7 Å². The molecule has 1 unspecified atom stereocenters. The number of hydrogen-bond donors (Lipinski definition) is 2. The summed E-state index contributed by atoms with van der Waals surface area (Å²) < 4.78 is 18.7. The van der Waals surface area contributed by atoms with Crippen LogP contribution in [0.3, 0.4) is 0 Å². The largest absolute Gasteiger partial charge is 0.466 e. The van der Waals surface area contributed by atoms with Gasteiger partial charge in [-0.15, -0.1) is 0 Å². The molecule has 0 fully saturated rings. The normalized spacial score (nSPS) is 13.7. The number of halogens is 2. The van der Waals surface area contributed by atoms with E-state index in [1.165, 1.54) is 18.2 Å². The topological polar surface area (TPSA) is 62.5 Å². The first-order valence-corrected chi connectivity index (χ1v) is 7.12. The second kappa shape index (κ2) is 6.10. The molecule has 0 radical (unpaired) electrons. The molecule has 0 aliphatic heterocycles. The summed E-state index contributed by atoms with van der Waals surface area (Å²) in [6, 6.07) is 5.71. The molecule has 0 saturated carbocycles. The van der Waals surface area contributed by atoms with Crippen LogP contribution in [0.5, 0.6) is 0 Å². The molecule has 22 heavy (non-hydrogen) atoms. The Labute approximate surface area is 132 Å². The zero-order valence-electron chi connectivity index (χ0n) is 12.5. The Balaban J connectivity index is 2.13. The van der Waals surface area contributed by atoms with Crippen molar-refractivity contribution in [3.63, 3.8) is 0 Å². The third-order valence-corrected chi connectivity index (χ3v) is 3.79. The molecular weight excluding hydrogens is 309 g/mol. The van der Waals surface area contributed by atoms with Gasteiger partial charge in [-0.2, -0.15) is 0 Å². The SMILES string of the molecule is Cc1cc(C(C)(O)CNC(=O)c2cccc(F)c2Cl)c(C)o1. The highest BCUT2D eigenvalue weighted by atomic mass is 35.5. The maximum Gasteiger partial charge on any atom is 0.253 e. The van der Waals surface area contributed by atoms with Gasteiger partial charge >= 0.3 is 0 Å². The summed E-state index contributed by atoms with van der Waals surface area (Å²) in [5.74, 6) is 0.0397. The van der Waals surface area contributed by atoms with Gasteiger partial charge in [0.15, 0.2) is 0 Å². The molecule has 1 amide bonds. The minimum absolute atomic E-state index is 0.0255. The lowest BCUT2D eigenvalue weighted by atomic mass is 9.96. The minimum atomic E-state index is -1.31. The van der Waals surface area contributed by atoms with E-state index in [1.54, 1.807) is 26.8 Å². The van der Waals surface area contributed by atoms with Crippen LogP contribution < -0.4 is 5.32 Å². The number of aryl methyl sites for hydroxylation is 2. The van der Waals surface area contributed by atoms with Gasteiger partial charge in [0.25, 0.3) is 5.91 Å². The smallest absolute Gasteiger partial charge is 0.253 e. The van der Waals surface area contributed by atoms with Crippen molar-refractivity contribution < 1.29 is 18.7 Å². The number of hydrogen-bond acceptors (Lipinski definition) is 3. The Morgan fingerprint density at radius 2 is 2.14 bits per heavy atom. The summed E-state index contributed by atoms with van der Waals surface area (Å²) in [6.45, 7) is 5.02. The second-order valence-electron chi connectivity index (χ2n) is 5.38. The van der Waals surface area contributed by atoms with Crippen LogP contribution in [0.4, 0.5) is 4.39 Å². The maximum absolute atomic E-state index is 13.4. The number of carbonyl (C=O) groups is 1. The van der Waals surface area contributed by atoms with Crippen molar-refractivity contribution >= 4 is 17.5 Å². The molecule has 1 aromatic heterocycles. The Morgan fingerprint density at radius 1 is 1.45 bits per heavy atom. The number of carbonyl (C=O) groups excluding carboxylic acids is 1. The minimum Gasteiger partial charge on any atom is -0.466 e. The van der Waals surface area contributed by atoms with E-state index in [0.717, 1.165) is 0 Å². The van der Waals surface area contributed by atoms with Crippen molar-refractivity contribution in [1.29, 1.82) is 0 Å². The Morgan fingerprint density at radius 3 is 2.73 bits per heavy atom. The lowest BCUT2D eigenvalue weighted by Crippen LogP contribution is -2.38. The van der Waals surface area contributed by atoms with Crippen molar-refractivity contribution in [2.24, 2.45) is 0 Å². The highest BCUT2D eigenvalue weighted by Crippen LogP contribution is 2.26. The predicted molar refractivity (Wildman–Crippen MR) is 81.5 cm³/mol. The fraction of sp³-hybridized carbons (Fsp3) is 0.312. The monoisotopic (exact) mass is 325 g/mol. The van der Waals surface area contributed by atoms with Crippen molar-refractivity contribution in [3.8, 4) is 0 Å². The average Bonchev–Trinajstić information content (AvgIpc) is 2.79. The molecule has 2 rings (SSSR count). The summed E-state index contributed by atoms with van der Waals surface area (Å²) in [5.41, 5.74) is -0.690. The average molecular weight is 326 g/mol. The predicted octanol–water partition coefficient (Wildman–Crippen LogP) is 3.33. The molecule has 0 saturated heterocycles. The molecule has 0 bridgehead atoms. The molecule has 1 atom stereocenters. The first-order chi connectivity index (χ1) is 10.2. The van der Waals surface area contributed by atoms with Gasteiger partial charge in [0.2, 0.25) is 0 Å². The first kappa shape index (κ1) is 16.5.